The average molecular weight is 380 g/mol. The van der Waals surface area contributed by atoms with Gasteiger partial charge in [0.15, 0.2) is 0 Å². The van der Waals surface area contributed by atoms with E-state index in [-0.39, 0.29) is 10.8 Å². The lowest BCUT2D eigenvalue weighted by Gasteiger charge is -2.19. The lowest BCUT2D eigenvalue weighted by atomic mass is 9.85. The van der Waals surface area contributed by atoms with Crippen LogP contribution in [-0.4, -0.2) is 4.57 Å². The van der Waals surface area contributed by atoms with Crippen molar-refractivity contribution in [1.82, 2.24) is 4.57 Å². The molecule has 1 heteroatoms. The SMILES string of the molecule is C#Cc1ccc(-n2c3ccc(C(C)(C)C)cc3c3cc(C(C)(C)C)ccc32)cc1. The standard InChI is InChI=1S/C28H29N/c1-8-19-9-13-22(14-10-19)29-25-15-11-20(27(2,3)4)17-23(25)24-18-21(28(5,6)7)12-16-26(24)29/h1,9-18H,2-7H3. The fraction of sp³-hybridized carbons (Fsp3) is 0.286. The van der Waals surface area contributed by atoms with Crippen molar-refractivity contribution >= 4 is 21.8 Å². The van der Waals surface area contributed by atoms with Crippen LogP contribution in [0.2, 0.25) is 0 Å². The molecule has 0 atom stereocenters. The molecule has 0 fully saturated rings. The van der Waals surface area contributed by atoms with Gasteiger partial charge in [-0.3, -0.25) is 0 Å². The van der Waals surface area contributed by atoms with Gasteiger partial charge in [0, 0.05) is 22.0 Å². The molecule has 0 saturated carbocycles. The van der Waals surface area contributed by atoms with Gasteiger partial charge in [0.25, 0.3) is 0 Å². The highest BCUT2D eigenvalue weighted by molar-refractivity contribution is 6.09. The zero-order chi connectivity index (χ0) is 21.0. The molecule has 0 saturated heterocycles. The Kier molecular flexibility index (Phi) is 4.35. The highest BCUT2D eigenvalue weighted by Gasteiger charge is 2.20. The molecule has 4 rings (SSSR count). The summed E-state index contributed by atoms with van der Waals surface area (Å²) >= 11 is 0. The van der Waals surface area contributed by atoms with Gasteiger partial charge in [-0.05, 0) is 70.5 Å². The number of benzene rings is 3. The lowest BCUT2D eigenvalue weighted by molar-refractivity contribution is 0.590. The van der Waals surface area contributed by atoms with E-state index in [2.05, 4.69) is 101 Å². The second-order valence-corrected chi connectivity index (χ2v) is 9.99. The first-order chi connectivity index (χ1) is 13.6. The Hall–Kier alpha value is -2.98. The predicted octanol–water partition coefficient (Wildman–Crippen LogP) is 7.36. The Labute approximate surface area is 174 Å². The van der Waals surface area contributed by atoms with Gasteiger partial charge in [-0.15, -0.1) is 6.42 Å². The monoisotopic (exact) mass is 379 g/mol. The molecule has 146 valence electrons. The van der Waals surface area contributed by atoms with Crippen LogP contribution in [0.1, 0.15) is 58.2 Å². The van der Waals surface area contributed by atoms with E-state index in [0.29, 0.717) is 0 Å². The molecule has 3 aromatic carbocycles. The van der Waals surface area contributed by atoms with Crippen molar-refractivity contribution in [2.24, 2.45) is 0 Å². The number of aromatic nitrogens is 1. The second kappa shape index (κ2) is 6.53. The van der Waals surface area contributed by atoms with Crippen LogP contribution in [0.25, 0.3) is 27.5 Å². The van der Waals surface area contributed by atoms with Crippen LogP contribution in [0.5, 0.6) is 0 Å². The van der Waals surface area contributed by atoms with E-state index in [4.69, 9.17) is 6.42 Å². The molecular weight excluding hydrogens is 350 g/mol. The lowest BCUT2D eigenvalue weighted by Crippen LogP contribution is -2.10. The van der Waals surface area contributed by atoms with Crippen molar-refractivity contribution in [2.45, 2.75) is 52.4 Å². The number of rotatable bonds is 1. The van der Waals surface area contributed by atoms with Crippen molar-refractivity contribution in [3.8, 4) is 18.0 Å². The van der Waals surface area contributed by atoms with Crippen LogP contribution < -0.4 is 0 Å². The van der Waals surface area contributed by atoms with Crippen LogP contribution in [0, 0.1) is 12.3 Å². The van der Waals surface area contributed by atoms with Gasteiger partial charge >= 0.3 is 0 Å². The number of nitrogens with zero attached hydrogens (tertiary/aromatic N) is 1. The van der Waals surface area contributed by atoms with E-state index >= 15 is 0 Å². The first-order valence-electron chi connectivity index (χ1n) is 10.3. The van der Waals surface area contributed by atoms with Crippen LogP contribution >= 0.6 is 0 Å². The number of fused-ring (bicyclic) bond motifs is 3. The summed E-state index contributed by atoms with van der Waals surface area (Å²) < 4.78 is 2.35. The number of hydrogen-bond donors (Lipinski definition) is 0. The summed E-state index contributed by atoms with van der Waals surface area (Å²) in [7, 11) is 0. The summed E-state index contributed by atoms with van der Waals surface area (Å²) in [6.07, 6.45) is 5.56. The Morgan fingerprint density at radius 2 is 1.10 bits per heavy atom. The molecule has 4 aromatic rings. The predicted molar refractivity (Wildman–Crippen MR) is 126 cm³/mol. The van der Waals surface area contributed by atoms with Gasteiger partial charge in [-0.2, -0.15) is 0 Å². The molecule has 0 unspecified atom stereocenters. The van der Waals surface area contributed by atoms with Gasteiger partial charge < -0.3 is 4.57 Å². The van der Waals surface area contributed by atoms with E-state index in [9.17, 15) is 0 Å². The largest absolute Gasteiger partial charge is 0.309 e. The molecule has 0 aliphatic rings. The molecule has 1 nitrogen and oxygen atoms in total. The van der Waals surface area contributed by atoms with Crippen LogP contribution in [0.4, 0.5) is 0 Å². The van der Waals surface area contributed by atoms with Crippen molar-refractivity contribution < 1.29 is 0 Å². The summed E-state index contributed by atoms with van der Waals surface area (Å²) in [6, 6.07) is 22.1. The van der Waals surface area contributed by atoms with E-state index in [1.54, 1.807) is 0 Å². The van der Waals surface area contributed by atoms with E-state index in [0.717, 1.165) is 11.3 Å². The maximum absolute atomic E-state index is 5.56. The van der Waals surface area contributed by atoms with E-state index < -0.39 is 0 Å². The Morgan fingerprint density at radius 3 is 1.48 bits per heavy atom. The molecule has 1 heterocycles. The Bertz CT molecular complexity index is 1180. The molecule has 0 aliphatic heterocycles. The summed E-state index contributed by atoms with van der Waals surface area (Å²) in [5.74, 6) is 2.71. The zero-order valence-corrected chi connectivity index (χ0v) is 18.3. The highest BCUT2D eigenvalue weighted by Crippen LogP contribution is 2.37. The molecule has 1 aromatic heterocycles. The van der Waals surface area contributed by atoms with Gasteiger partial charge in [0.05, 0.1) is 11.0 Å². The van der Waals surface area contributed by atoms with Crippen LogP contribution in [-0.2, 0) is 10.8 Å². The molecule has 0 N–H and O–H groups in total. The van der Waals surface area contributed by atoms with Gasteiger partial charge in [0.1, 0.15) is 0 Å². The summed E-state index contributed by atoms with van der Waals surface area (Å²) in [5, 5.41) is 2.61. The summed E-state index contributed by atoms with van der Waals surface area (Å²) in [6.45, 7) is 13.6. The second-order valence-electron chi connectivity index (χ2n) is 9.99. The molecular formula is C28H29N. The molecule has 0 radical (unpaired) electrons. The Balaban J connectivity index is 2.09. The Morgan fingerprint density at radius 1 is 0.655 bits per heavy atom. The van der Waals surface area contributed by atoms with Crippen molar-refractivity contribution in [3.05, 3.63) is 77.4 Å². The smallest absolute Gasteiger partial charge is 0.0541 e. The topological polar surface area (TPSA) is 4.93 Å². The summed E-state index contributed by atoms with van der Waals surface area (Å²) in [5.41, 5.74) is 7.42. The minimum atomic E-state index is 0.110. The number of terminal acetylenes is 1. The van der Waals surface area contributed by atoms with Crippen LogP contribution in [0.3, 0.4) is 0 Å². The maximum Gasteiger partial charge on any atom is 0.0541 e. The third kappa shape index (κ3) is 3.34. The van der Waals surface area contributed by atoms with Crippen LogP contribution in [0.15, 0.2) is 60.7 Å². The number of hydrogen-bond acceptors (Lipinski definition) is 0. The molecule has 0 bridgehead atoms. The van der Waals surface area contributed by atoms with Gasteiger partial charge in [-0.25, -0.2) is 0 Å². The van der Waals surface area contributed by atoms with Gasteiger partial charge in [0.2, 0.25) is 0 Å². The summed E-state index contributed by atoms with van der Waals surface area (Å²) in [4.78, 5) is 0. The third-order valence-electron chi connectivity index (χ3n) is 5.79. The first-order valence-corrected chi connectivity index (χ1v) is 10.3. The van der Waals surface area contributed by atoms with E-state index in [1.807, 2.05) is 12.1 Å². The van der Waals surface area contributed by atoms with Crippen molar-refractivity contribution in [1.29, 1.82) is 0 Å². The molecule has 0 amide bonds. The minimum Gasteiger partial charge on any atom is -0.309 e. The fourth-order valence-corrected chi connectivity index (χ4v) is 3.94. The first kappa shape index (κ1) is 19.3. The fourth-order valence-electron chi connectivity index (χ4n) is 3.94. The van der Waals surface area contributed by atoms with E-state index in [1.165, 1.54) is 32.9 Å². The van der Waals surface area contributed by atoms with Gasteiger partial charge in [-0.1, -0.05) is 59.6 Å². The quantitative estimate of drug-likeness (QED) is 0.304. The third-order valence-corrected chi connectivity index (χ3v) is 5.79. The molecule has 0 aliphatic carbocycles. The molecule has 29 heavy (non-hydrogen) atoms. The van der Waals surface area contributed by atoms with Crippen molar-refractivity contribution in [2.75, 3.05) is 0 Å². The molecule has 0 spiro atoms. The van der Waals surface area contributed by atoms with Crippen molar-refractivity contribution in [3.63, 3.8) is 0 Å². The average Bonchev–Trinajstić information content (AvgIpc) is 3.00. The normalized spacial score (nSPS) is 12.4. The zero-order valence-electron chi connectivity index (χ0n) is 18.3. The highest BCUT2D eigenvalue weighted by atomic mass is 15.0. The maximum atomic E-state index is 5.56. The minimum absolute atomic E-state index is 0.110.